The molecule has 0 bridgehead atoms. The number of anilines is 1. The van der Waals surface area contributed by atoms with Crippen LogP contribution in [0.1, 0.15) is 11.5 Å². The highest BCUT2D eigenvalue weighted by Gasteiger charge is 2.14. The van der Waals surface area contributed by atoms with Gasteiger partial charge in [0.05, 0.1) is 12.7 Å². The van der Waals surface area contributed by atoms with Crippen LogP contribution in [0.15, 0.2) is 34.7 Å². The smallest absolute Gasteiger partial charge is 0.279 e. The fourth-order valence-electron chi connectivity index (χ4n) is 2.00. The molecule has 0 saturated heterocycles. The molecule has 2 N–H and O–H groups in total. The summed E-state index contributed by atoms with van der Waals surface area (Å²) in [6.45, 7) is 2.50. The van der Waals surface area contributed by atoms with E-state index in [1.165, 1.54) is 0 Å². The molecule has 1 unspecified atom stereocenters. The van der Waals surface area contributed by atoms with Gasteiger partial charge in [-0.3, -0.25) is 4.79 Å². The van der Waals surface area contributed by atoms with Crippen molar-refractivity contribution in [3.8, 4) is 0 Å². The third-order valence-electron chi connectivity index (χ3n) is 2.94. The monoisotopic (exact) mass is 295 g/mol. The van der Waals surface area contributed by atoms with Gasteiger partial charge in [-0.05, 0) is 31.2 Å². The van der Waals surface area contributed by atoms with Gasteiger partial charge in [-0.1, -0.05) is 0 Å². The van der Waals surface area contributed by atoms with Crippen LogP contribution in [-0.2, 0) is 11.3 Å². The van der Waals surface area contributed by atoms with Crippen LogP contribution < -0.4 is 10.2 Å². The number of quaternary nitrogens is 1. The molecule has 1 amide bonds. The van der Waals surface area contributed by atoms with Crippen LogP contribution in [0.3, 0.4) is 0 Å². The zero-order valence-electron chi connectivity index (χ0n) is 11.9. The van der Waals surface area contributed by atoms with Gasteiger partial charge >= 0.3 is 0 Å². The van der Waals surface area contributed by atoms with Crippen LogP contribution in [0.2, 0.25) is 0 Å². The largest absolute Gasteiger partial charge is 0.460 e. The summed E-state index contributed by atoms with van der Waals surface area (Å²) in [6.07, 6.45) is 0. The molecular weight excluding hydrogens is 278 g/mol. The maximum Gasteiger partial charge on any atom is 0.279 e. The highest BCUT2D eigenvalue weighted by molar-refractivity contribution is 5.91. The van der Waals surface area contributed by atoms with Gasteiger partial charge in [-0.2, -0.15) is 0 Å². The first-order valence-electron chi connectivity index (χ1n) is 6.55. The van der Waals surface area contributed by atoms with E-state index in [1.54, 1.807) is 0 Å². The molecule has 1 aromatic carbocycles. The van der Waals surface area contributed by atoms with E-state index in [9.17, 15) is 13.6 Å². The molecule has 0 aliphatic carbocycles. The first-order chi connectivity index (χ1) is 9.94. The van der Waals surface area contributed by atoms with E-state index in [2.05, 4.69) is 5.32 Å². The summed E-state index contributed by atoms with van der Waals surface area (Å²) in [4.78, 5) is 12.7. The minimum absolute atomic E-state index is 0.121. The van der Waals surface area contributed by atoms with Gasteiger partial charge in [0, 0.05) is 6.07 Å². The zero-order valence-corrected chi connectivity index (χ0v) is 11.9. The van der Waals surface area contributed by atoms with Gasteiger partial charge in [0.25, 0.3) is 5.91 Å². The van der Waals surface area contributed by atoms with Crippen LogP contribution in [0, 0.1) is 18.6 Å². The van der Waals surface area contributed by atoms with E-state index in [-0.39, 0.29) is 18.1 Å². The summed E-state index contributed by atoms with van der Waals surface area (Å²) >= 11 is 0. The molecule has 4 nitrogen and oxygen atoms in total. The number of nitrogens with one attached hydrogen (secondary N) is 2. The summed E-state index contributed by atoms with van der Waals surface area (Å²) in [5, 5.41) is 2.37. The normalized spacial score (nSPS) is 12.2. The van der Waals surface area contributed by atoms with Crippen molar-refractivity contribution in [2.24, 2.45) is 0 Å². The van der Waals surface area contributed by atoms with E-state index in [0.29, 0.717) is 6.54 Å². The maximum absolute atomic E-state index is 13.4. The number of furan rings is 1. The molecular formula is C15H17F2N2O2+. The van der Waals surface area contributed by atoms with Crippen molar-refractivity contribution in [1.29, 1.82) is 0 Å². The van der Waals surface area contributed by atoms with Gasteiger partial charge in [-0.25, -0.2) is 8.78 Å². The molecule has 0 saturated carbocycles. The molecule has 0 radical (unpaired) electrons. The lowest BCUT2D eigenvalue weighted by molar-refractivity contribution is -0.886. The first kappa shape index (κ1) is 15.2. The average molecular weight is 295 g/mol. The van der Waals surface area contributed by atoms with Crippen LogP contribution in [0.25, 0.3) is 0 Å². The Balaban J connectivity index is 1.90. The number of aryl methyl sites for hydroxylation is 1. The zero-order chi connectivity index (χ0) is 15.4. The van der Waals surface area contributed by atoms with Crippen molar-refractivity contribution in [2.75, 3.05) is 18.9 Å². The number of benzene rings is 1. The van der Waals surface area contributed by atoms with Crippen molar-refractivity contribution >= 4 is 11.6 Å². The quantitative estimate of drug-likeness (QED) is 0.878. The molecule has 0 fully saturated rings. The highest BCUT2D eigenvalue weighted by atomic mass is 19.1. The van der Waals surface area contributed by atoms with Crippen LogP contribution in [0.5, 0.6) is 0 Å². The van der Waals surface area contributed by atoms with Crippen LogP contribution in [-0.4, -0.2) is 19.5 Å². The number of rotatable bonds is 5. The highest BCUT2D eigenvalue weighted by Crippen LogP contribution is 2.14. The number of halogens is 2. The number of hydrogen-bond donors (Lipinski definition) is 2. The molecule has 2 rings (SSSR count). The molecule has 1 heterocycles. The molecule has 2 aromatic rings. The standard InChI is InChI=1S/C15H16F2N2O2/c1-10-3-5-12(21-10)8-19(2)9-15(20)18-14-7-11(16)4-6-13(14)17/h3-7H,8-9H2,1-2H3,(H,18,20)/p+1. The molecule has 0 aliphatic rings. The van der Waals surface area contributed by atoms with Crippen LogP contribution in [0.4, 0.5) is 14.5 Å². The molecule has 1 atom stereocenters. The molecule has 6 heteroatoms. The number of amides is 1. The first-order valence-corrected chi connectivity index (χ1v) is 6.55. The molecule has 1 aromatic heterocycles. The lowest BCUT2D eigenvalue weighted by Gasteiger charge is -2.12. The number of carbonyl (C=O) groups is 1. The van der Waals surface area contributed by atoms with E-state index in [4.69, 9.17) is 4.42 Å². The van der Waals surface area contributed by atoms with Crippen LogP contribution >= 0.6 is 0 Å². The Kier molecular flexibility index (Phi) is 4.70. The average Bonchev–Trinajstić information content (AvgIpc) is 2.79. The van der Waals surface area contributed by atoms with Crippen molar-refractivity contribution < 1.29 is 22.9 Å². The maximum atomic E-state index is 13.4. The Bertz CT molecular complexity index is 640. The second-order valence-electron chi connectivity index (χ2n) is 5.00. The van der Waals surface area contributed by atoms with Crippen molar-refractivity contribution in [2.45, 2.75) is 13.5 Å². The fraction of sp³-hybridized carbons (Fsp3) is 0.267. The second-order valence-corrected chi connectivity index (χ2v) is 5.00. The molecule has 0 spiro atoms. The molecule has 112 valence electrons. The van der Waals surface area contributed by atoms with Gasteiger partial charge in [-0.15, -0.1) is 0 Å². The van der Waals surface area contributed by atoms with Gasteiger partial charge in [0.15, 0.2) is 12.3 Å². The van der Waals surface area contributed by atoms with Gasteiger partial charge in [0.2, 0.25) is 0 Å². The summed E-state index contributed by atoms with van der Waals surface area (Å²) < 4.78 is 31.9. The SMILES string of the molecule is Cc1ccc(C[NH+](C)CC(=O)Nc2cc(F)ccc2F)o1. The van der Waals surface area contributed by atoms with Crippen molar-refractivity contribution in [3.05, 3.63) is 53.5 Å². The van der Waals surface area contributed by atoms with E-state index in [0.717, 1.165) is 34.6 Å². The van der Waals surface area contributed by atoms with E-state index in [1.807, 2.05) is 26.1 Å². The lowest BCUT2D eigenvalue weighted by atomic mass is 10.3. The number of carbonyl (C=O) groups excluding carboxylic acids is 1. The van der Waals surface area contributed by atoms with E-state index >= 15 is 0 Å². The third kappa shape index (κ3) is 4.39. The summed E-state index contributed by atoms with van der Waals surface area (Å²) in [6, 6.07) is 6.64. The predicted octanol–water partition coefficient (Wildman–Crippen LogP) is 1.52. The minimum Gasteiger partial charge on any atom is -0.460 e. The fourth-order valence-corrected chi connectivity index (χ4v) is 2.00. The Morgan fingerprint density at radius 3 is 2.71 bits per heavy atom. The van der Waals surface area contributed by atoms with E-state index < -0.39 is 11.6 Å². The predicted molar refractivity (Wildman–Crippen MR) is 73.9 cm³/mol. The van der Waals surface area contributed by atoms with Crippen molar-refractivity contribution in [1.82, 2.24) is 0 Å². The second kappa shape index (κ2) is 6.49. The third-order valence-corrected chi connectivity index (χ3v) is 2.94. The van der Waals surface area contributed by atoms with Gasteiger partial charge in [0.1, 0.15) is 23.9 Å². The lowest BCUT2D eigenvalue weighted by Crippen LogP contribution is -3.08. The Labute approximate surface area is 121 Å². The number of likely N-dealkylation sites (N-methyl/N-ethyl adjacent to an activating group) is 1. The summed E-state index contributed by atoms with van der Waals surface area (Å²) in [7, 11) is 1.82. The summed E-state index contributed by atoms with van der Waals surface area (Å²) in [5.74, 6) is -0.0679. The Hall–Kier alpha value is -2.21. The Morgan fingerprint density at radius 2 is 2.05 bits per heavy atom. The minimum atomic E-state index is -0.663. The Morgan fingerprint density at radius 1 is 1.29 bits per heavy atom. The van der Waals surface area contributed by atoms with Gasteiger partial charge < -0.3 is 14.6 Å². The number of hydrogen-bond acceptors (Lipinski definition) is 2. The molecule has 21 heavy (non-hydrogen) atoms. The molecule has 0 aliphatic heterocycles. The summed E-state index contributed by atoms with van der Waals surface area (Å²) in [5.41, 5.74) is -0.151. The van der Waals surface area contributed by atoms with Crippen molar-refractivity contribution in [3.63, 3.8) is 0 Å². The topological polar surface area (TPSA) is 46.7 Å².